The van der Waals surface area contributed by atoms with Crippen LogP contribution in [0.1, 0.15) is 85.5 Å². The lowest BCUT2D eigenvalue weighted by Crippen LogP contribution is -2.57. The van der Waals surface area contributed by atoms with E-state index >= 15 is 0 Å². The first-order valence-electron chi connectivity index (χ1n) is 12.9. The Balaban J connectivity index is 1.46. The van der Waals surface area contributed by atoms with Crippen LogP contribution in [0.4, 0.5) is 0 Å². The lowest BCUT2D eigenvalue weighted by molar-refractivity contribution is -0.138. The molecule has 0 aromatic heterocycles. The Kier molecular flexibility index (Phi) is 4.48. The third-order valence-corrected chi connectivity index (χ3v) is 12.8. The van der Waals surface area contributed by atoms with E-state index in [1.165, 1.54) is 44.9 Å². The normalized spacial score (nSPS) is 57.1. The van der Waals surface area contributed by atoms with Gasteiger partial charge in [0.1, 0.15) is 0 Å². The minimum absolute atomic E-state index is 0.551. The number of fused-ring (bicyclic) bond motifs is 2. The second-order valence-electron chi connectivity index (χ2n) is 13.3. The zero-order chi connectivity index (χ0) is 21.0. The number of rotatable bonds is 3. The summed E-state index contributed by atoms with van der Waals surface area (Å²) in [6.45, 7) is 10.6. The van der Waals surface area contributed by atoms with Gasteiger partial charge in [0.15, 0.2) is 0 Å². The molecule has 5 saturated carbocycles. The largest absolute Gasteiger partial charge is 0.306 e. The maximum Gasteiger partial charge on any atom is 0.0118 e. The predicted octanol–water partition coefficient (Wildman–Crippen LogP) is 5.92. The van der Waals surface area contributed by atoms with Crippen LogP contribution >= 0.6 is 0 Å². The fourth-order valence-corrected chi connectivity index (χ4v) is 10.9. The molecule has 2 spiro atoms. The summed E-state index contributed by atoms with van der Waals surface area (Å²) in [6.07, 6.45) is 13.7. The summed E-state index contributed by atoms with van der Waals surface area (Å²) >= 11 is 0. The van der Waals surface area contributed by atoms with Crippen LogP contribution < -0.4 is 0 Å². The summed E-state index contributed by atoms with van der Waals surface area (Å²) in [7, 11) is 9.26. The van der Waals surface area contributed by atoms with E-state index in [-0.39, 0.29) is 0 Å². The molecule has 10 atom stereocenters. The van der Waals surface area contributed by atoms with Gasteiger partial charge in [-0.3, -0.25) is 0 Å². The smallest absolute Gasteiger partial charge is 0.0118 e. The molecular weight excluding hydrogens is 352 g/mol. The van der Waals surface area contributed by atoms with Crippen LogP contribution in [0.3, 0.4) is 0 Å². The summed E-state index contributed by atoms with van der Waals surface area (Å²) in [5, 5.41) is 0. The van der Waals surface area contributed by atoms with Crippen LogP contribution in [-0.4, -0.2) is 50.1 Å². The van der Waals surface area contributed by atoms with Crippen molar-refractivity contribution in [1.82, 2.24) is 9.80 Å². The highest BCUT2D eigenvalue weighted by Gasteiger charge is 2.81. The summed E-state index contributed by atoms with van der Waals surface area (Å²) in [6, 6.07) is 1.54. The first-order valence-corrected chi connectivity index (χ1v) is 12.9. The fourth-order valence-electron chi connectivity index (χ4n) is 10.9. The van der Waals surface area contributed by atoms with Gasteiger partial charge in [-0.1, -0.05) is 20.8 Å². The number of hydrogen-bond acceptors (Lipinski definition) is 2. The summed E-state index contributed by atoms with van der Waals surface area (Å²) in [5.74, 6) is 3.79. The third-order valence-electron chi connectivity index (χ3n) is 12.8. The van der Waals surface area contributed by atoms with Gasteiger partial charge in [0, 0.05) is 12.1 Å². The van der Waals surface area contributed by atoms with Crippen molar-refractivity contribution < 1.29 is 0 Å². The van der Waals surface area contributed by atoms with Crippen LogP contribution in [-0.2, 0) is 0 Å². The first kappa shape index (κ1) is 20.8. The summed E-state index contributed by atoms with van der Waals surface area (Å²) in [4.78, 5) is 5.05. The molecule has 0 amide bonds. The second kappa shape index (κ2) is 6.25. The third kappa shape index (κ3) is 2.32. The Morgan fingerprint density at radius 2 is 1.52 bits per heavy atom. The van der Waals surface area contributed by atoms with Crippen LogP contribution in [0.5, 0.6) is 0 Å². The van der Waals surface area contributed by atoms with E-state index in [1.807, 2.05) is 0 Å². The van der Waals surface area contributed by atoms with Crippen molar-refractivity contribution in [2.75, 3.05) is 28.2 Å². The topological polar surface area (TPSA) is 6.48 Å². The summed E-state index contributed by atoms with van der Waals surface area (Å²) < 4.78 is 0. The fraction of sp³-hybridized carbons (Fsp3) is 1.00. The maximum absolute atomic E-state index is 2.77. The van der Waals surface area contributed by atoms with Crippen LogP contribution in [0.15, 0.2) is 0 Å². The van der Waals surface area contributed by atoms with E-state index in [2.05, 4.69) is 65.7 Å². The Morgan fingerprint density at radius 3 is 2.17 bits per heavy atom. The van der Waals surface area contributed by atoms with Gasteiger partial charge in [0.05, 0.1) is 0 Å². The maximum atomic E-state index is 2.77. The highest BCUT2D eigenvalue weighted by Crippen LogP contribution is 2.88. The molecule has 0 radical (unpaired) electrons. The van der Waals surface area contributed by atoms with Gasteiger partial charge < -0.3 is 9.80 Å². The molecule has 0 N–H and O–H groups in total. The molecule has 0 heterocycles. The van der Waals surface area contributed by atoms with Crippen molar-refractivity contribution in [2.45, 2.75) is 97.6 Å². The van der Waals surface area contributed by atoms with Crippen LogP contribution in [0.25, 0.3) is 0 Å². The lowest BCUT2D eigenvalue weighted by Gasteiger charge is -2.62. The molecule has 0 aromatic carbocycles. The molecule has 0 bridgehead atoms. The van der Waals surface area contributed by atoms with Crippen LogP contribution in [0, 0.1) is 45.3 Å². The summed E-state index contributed by atoms with van der Waals surface area (Å²) in [5.41, 5.74) is 2.59. The van der Waals surface area contributed by atoms with E-state index in [0.717, 1.165) is 46.6 Å². The van der Waals surface area contributed by atoms with Gasteiger partial charge in [0.2, 0.25) is 0 Å². The molecule has 0 aliphatic heterocycles. The minimum Gasteiger partial charge on any atom is -0.306 e. The minimum atomic E-state index is 0.551. The molecule has 5 aliphatic rings. The monoisotopic (exact) mass is 400 g/mol. The first-order chi connectivity index (χ1) is 13.5. The Labute approximate surface area is 181 Å². The van der Waals surface area contributed by atoms with E-state index in [1.54, 1.807) is 12.8 Å². The average Bonchev–Trinajstić information content (AvgIpc) is 3.23. The Bertz CT molecular complexity index is 671. The number of hydrogen-bond donors (Lipinski definition) is 0. The van der Waals surface area contributed by atoms with E-state index in [0.29, 0.717) is 10.8 Å². The van der Waals surface area contributed by atoms with Crippen molar-refractivity contribution in [3.63, 3.8) is 0 Å². The number of nitrogens with zero attached hydrogens (tertiary/aromatic N) is 2. The van der Waals surface area contributed by atoms with Gasteiger partial charge in [0.25, 0.3) is 0 Å². The molecule has 10 unspecified atom stereocenters. The Hall–Kier alpha value is -0.0800. The second-order valence-corrected chi connectivity index (χ2v) is 13.3. The molecule has 29 heavy (non-hydrogen) atoms. The van der Waals surface area contributed by atoms with Gasteiger partial charge in [-0.05, 0) is 138 Å². The standard InChI is InChI=1S/C27H48N2/c1-18-20-9-10-23-25(4)13-11-21(19(2)28(5)6)24(25,3)15-16-27(23)17-26(20,27)14-12-22(18)29(7)8/h18-23H,9-17H2,1-8H3. The van der Waals surface area contributed by atoms with Gasteiger partial charge >= 0.3 is 0 Å². The predicted molar refractivity (Wildman–Crippen MR) is 123 cm³/mol. The van der Waals surface area contributed by atoms with Gasteiger partial charge in [-0.15, -0.1) is 0 Å². The van der Waals surface area contributed by atoms with Crippen molar-refractivity contribution >= 4 is 0 Å². The molecule has 2 nitrogen and oxygen atoms in total. The van der Waals surface area contributed by atoms with E-state index in [9.17, 15) is 0 Å². The zero-order valence-corrected chi connectivity index (χ0v) is 20.7. The van der Waals surface area contributed by atoms with E-state index < -0.39 is 0 Å². The lowest BCUT2D eigenvalue weighted by atomic mass is 9.43. The van der Waals surface area contributed by atoms with Crippen molar-refractivity contribution in [3.05, 3.63) is 0 Å². The highest BCUT2D eigenvalue weighted by atomic mass is 15.1. The Morgan fingerprint density at radius 1 is 0.793 bits per heavy atom. The quantitative estimate of drug-likeness (QED) is 0.580. The molecular formula is C27H48N2. The van der Waals surface area contributed by atoms with Crippen molar-refractivity contribution in [3.8, 4) is 0 Å². The molecule has 2 heteroatoms. The molecule has 5 rings (SSSR count). The van der Waals surface area contributed by atoms with Gasteiger partial charge in [-0.25, -0.2) is 0 Å². The highest BCUT2D eigenvalue weighted by molar-refractivity contribution is 5.29. The molecule has 0 saturated heterocycles. The average molecular weight is 401 g/mol. The SMILES string of the molecule is CC1C(N(C)C)CCC23CC24CCC2(C)C(C(C)N(C)C)CCC2(C)C4CCC13. The molecule has 166 valence electrons. The zero-order valence-electron chi connectivity index (χ0n) is 20.7. The van der Waals surface area contributed by atoms with Crippen LogP contribution in [0.2, 0.25) is 0 Å². The molecule has 5 aliphatic carbocycles. The van der Waals surface area contributed by atoms with Crippen molar-refractivity contribution in [2.24, 2.45) is 45.3 Å². The van der Waals surface area contributed by atoms with Gasteiger partial charge in [-0.2, -0.15) is 0 Å². The van der Waals surface area contributed by atoms with Crippen molar-refractivity contribution in [1.29, 1.82) is 0 Å². The van der Waals surface area contributed by atoms with E-state index in [4.69, 9.17) is 0 Å². The molecule has 0 aromatic rings. The molecule has 5 fully saturated rings.